The van der Waals surface area contributed by atoms with Gasteiger partial charge in [-0.25, -0.2) is 19.6 Å². The number of carbonyl (C=O) groups is 2. The maximum Gasteiger partial charge on any atom is 0.337 e. The average molecular weight is 541 g/mol. The molecule has 8 heteroatoms. The van der Waals surface area contributed by atoms with E-state index in [1.807, 2.05) is 74.5 Å². The van der Waals surface area contributed by atoms with Gasteiger partial charge in [-0.05, 0) is 37.1 Å². The van der Waals surface area contributed by atoms with Crippen LogP contribution in [0.4, 0.5) is 0 Å². The number of carboxylic acids is 2. The first kappa shape index (κ1) is 26.7. The summed E-state index contributed by atoms with van der Waals surface area (Å²) < 4.78 is 0. The molecule has 0 saturated carbocycles. The summed E-state index contributed by atoms with van der Waals surface area (Å²) in [5.74, 6) is -2.18. The maximum absolute atomic E-state index is 11.9. The lowest BCUT2D eigenvalue weighted by Crippen LogP contribution is -2.00. The van der Waals surface area contributed by atoms with E-state index < -0.39 is 11.9 Å². The summed E-state index contributed by atoms with van der Waals surface area (Å²) in [6.45, 7) is 4.01. The molecule has 2 N–H and O–H groups in total. The van der Waals surface area contributed by atoms with E-state index in [4.69, 9.17) is 0 Å². The third-order valence-corrected chi connectivity index (χ3v) is 7.29. The Bertz CT molecular complexity index is 1450. The van der Waals surface area contributed by atoms with Crippen molar-refractivity contribution in [2.75, 3.05) is 0 Å². The standard InChI is InChI=1S/C30H24N2O4S2/c1-19-9-13-21(14-10-19)5-3-7-23(29(33)34)25-17-37-27(31-25)28-32-26(18-38-28)24(30(35)36)8-4-6-22-15-11-20(2)12-16-22/h3-18H,1-2H3,(H,33,34)(H,35,36)/b5-3+,6-4+,23-7-,24-8-. The number of benzene rings is 2. The highest BCUT2D eigenvalue weighted by molar-refractivity contribution is 7.19. The van der Waals surface area contributed by atoms with E-state index in [2.05, 4.69) is 9.97 Å². The van der Waals surface area contributed by atoms with Crippen molar-refractivity contribution in [2.45, 2.75) is 13.8 Å². The van der Waals surface area contributed by atoms with Crippen LogP contribution in [-0.2, 0) is 9.59 Å². The molecular formula is C30H24N2O4S2. The zero-order valence-electron chi connectivity index (χ0n) is 20.7. The smallest absolute Gasteiger partial charge is 0.337 e. The molecule has 2 aromatic carbocycles. The van der Waals surface area contributed by atoms with Crippen LogP contribution in [0.15, 0.2) is 83.6 Å². The van der Waals surface area contributed by atoms with Gasteiger partial charge in [0.25, 0.3) is 0 Å². The third kappa shape index (κ3) is 6.88. The van der Waals surface area contributed by atoms with Gasteiger partial charge in [-0.15, -0.1) is 22.7 Å². The molecule has 0 aliphatic rings. The molecule has 4 rings (SSSR count). The van der Waals surface area contributed by atoms with Gasteiger partial charge in [0, 0.05) is 10.8 Å². The Morgan fingerprint density at radius 1 is 0.658 bits per heavy atom. The van der Waals surface area contributed by atoms with Gasteiger partial charge in [0.15, 0.2) is 10.0 Å². The molecule has 38 heavy (non-hydrogen) atoms. The van der Waals surface area contributed by atoms with Gasteiger partial charge in [0.1, 0.15) is 0 Å². The average Bonchev–Trinajstić information content (AvgIpc) is 3.56. The van der Waals surface area contributed by atoms with E-state index in [9.17, 15) is 19.8 Å². The number of hydrogen-bond acceptors (Lipinski definition) is 6. The summed E-state index contributed by atoms with van der Waals surface area (Å²) >= 11 is 2.51. The molecule has 0 aliphatic heterocycles. The van der Waals surface area contributed by atoms with E-state index in [1.165, 1.54) is 34.8 Å². The van der Waals surface area contributed by atoms with Crippen molar-refractivity contribution in [1.29, 1.82) is 0 Å². The predicted octanol–water partition coefficient (Wildman–Crippen LogP) is 7.25. The fourth-order valence-corrected chi connectivity index (χ4v) is 5.08. The Labute approximate surface area is 228 Å². The Morgan fingerprint density at radius 3 is 1.37 bits per heavy atom. The minimum Gasteiger partial charge on any atom is -0.478 e. The molecule has 190 valence electrons. The number of aliphatic carboxylic acids is 2. The van der Waals surface area contributed by atoms with Gasteiger partial charge in [-0.2, -0.15) is 0 Å². The molecule has 0 radical (unpaired) electrons. The molecule has 0 bridgehead atoms. The summed E-state index contributed by atoms with van der Waals surface area (Å²) in [5, 5.41) is 23.8. The topological polar surface area (TPSA) is 100 Å². The van der Waals surface area contributed by atoms with Crippen molar-refractivity contribution in [2.24, 2.45) is 0 Å². The largest absolute Gasteiger partial charge is 0.478 e. The molecule has 0 saturated heterocycles. The molecule has 0 unspecified atom stereocenters. The van der Waals surface area contributed by atoms with Crippen LogP contribution in [0.1, 0.15) is 33.6 Å². The van der Waals surface area contributed by atoms with Crippen molar-refractivity contribution >= 4 is 57.9 Å². The highest BCUT2D eigenvalue weighted by Gasteiger charge is 2.18. The van der Waals surface area contributed by atoms with E-state index >= 15 is 0 Å². The fraction of sp³-hybridized carbons (Fsp3) is 0.0667. The fourth-order valence-electron chi connectivity index (χ4n) is 3.39. The lowest BCUT2D eigenvalue weighted by atomic mass is 10.1. The molecule has 0 amide bonds. The number of allylic oxidation sites excluding steroid dienone is 4. The number of carboxylic acid groups (broad SMARTS) is 2. The summed E-state index contributed by atoms with van der Waals surface area (Å²) in [7, 11) is 0. The SMILES string of the molecule is Cc1ccc(/C=C/C=C(\C(=O)O)c2csc(-c3nc(/C(=C/C=C/c4ccc(C)cc4)C(=O)O)cs3)n2)cc1. The molecular weight excluding hydrogens is 516 g/mol. The Balaban J connectivity index is 1.54. The summed E-state index contributed by atoms with van der Waals surface area (Å²) in [4.78, 5) is 32.7. The molecule has 0 spiro atoms. The number of thiazole rings is 2. The van der Waals surface area contributed by atoms with Crippen LogP contribution in [0, 0.1) is 13.8 Å². The van der Waals surface area contributed by atoms with Gasteiger partial charge in [-0.1, -0.05) is 84.0 Å². The van der Waals surface area contributed by atoms with Crippen molar-refractivity contribution < 1.29 is 19.8 Å². The first-order valence-electron chi connectivity index (χ1n) is 11.6. The minimum absolute atomic E-state index is 0.0556. The predicted molar refractivity (Wildman–Crippen MR) is 155 cm³/mol. The molecule has 0 aliphatic carbocycles. The van der Waals surface area contributed by atoms with E-state index in [0.29, 0.717) is 21.4 Å². The van der Waals surface area contributed by atoms with Crippen LogP contribution < -0.4 is 0 Å². The van der Waals surface area contributed by atoms with Crippen LogP contribution in [0.25, 0.3) is 33.3 Å². The summed E-state index contributed by atoms with van der Waals surface area (Å²) in [6, 6.07) is 15.8. The number of aromatic nitrogens is 2. The number of rotatable bonds is 9. The normalized spacial score (nSPS) is 12.5. The van der Waals surface area contributed by atoms with Gasteiger partial charge in [-0.3, -0.25) is 0 Å². The number of nitrogens with zero attached hydrogens (tertiary/aromatic N) is 2. The highest BCUT2D eigenvalue weighted by atomic mass is 32.1. The zero-order chi connectivity index (χ0) is 27.1. The Morgan fingerprint density at radius 2 is 1.03 bits per heavy atom. The highest BCUT2D eigenvalue weighted by Crippen LogP contribution is 2.31. The van der Waals surface area contributed by atoms with Crippen LogP contribution >= 0.6 is 22.7 Å². The second-order valence-corrected chi connectivity index (χ2v) is 10.1. The summed E-state index contributed by atoms with van der Waals surface area (Å²) in [6.07, 6.45) is 10.1. The number of hydrogen-bond donors (Lipinski definition) is 2. The summed E-state index contributed by atoms with van der Waals surface area (Å²) in [5.41, 5.74) is 4.96. The lowest BCUT2D eigenvalue weighted by molar-refractivity contribution is -0.131. The quantitative estimate of drug-likeness (QED) is 0.171. The van der Waals surface area contributed by atoms with Crippen LogP contribution in [-0.4, -0.2) is 32.1 Å². The number of aryl methyl sites for hydroxylation is 2. The van der Waals surface area contributed by atoms with Crippen molar-refractivity contribution in [3.05, 3.63) is 117 Å². The van der Waals surface area contributed by atoms with Crippen LogP contribution in [0.2, 0.25) is 0 Å². The van der Waals surface area contributed by atoms with Gasteiger partial charge >= 0.3 is 11.9 Å². The second-order valence-electron chi connectivity index (χ2n) is 8.39. The first-order valence-corrected chi connectivity index (χ1v) is 13.3. The molecule has 6 nitrogen and oxygen atoms in total. The Hall–Kier alpha value is -4.40. The lowest BCUT2D eigenvalue weighted by Gasteiger charge is -1.97. The molecule has 0 fully saturated rings. The maximum atomic E-state index is 11.9. The monoisotopic (exact) mass is 540 g/mol. The van der Waals surface area contributed by atoms with E-state index in [-0.39, 0.29) is 11.1 Å². The van der Waals surface area contributed by atoms with Gasteiger partial charge < -0.3 is 10.2 Å². The molecule has 2 heterocycles. The van der Waals surface area contributed by atoms with Crippen LogP contribution in [0.5, 0.6) is 0 Å². The van der Waals surface area contributed by atoms with E-state index in [1.54, 1.807) is 22.9 Å². The van der Waals surface area contributed by atoms with Crippen molar-refractivity contribution in [3.63, 3.8) is 0 Å². The Kier molecular flexibility index (Phi) is 8.58. The van der Waals surface area contributed by atoms with Crippen molar-refractivity contribution in [3.8, 4) is 10.0 Å². The molecule has 0 atom stereocenters. The van der Waals surface area contributed by atoms with Crippen molar-refractivity contribution in [1.82, 2.24) is 9.97 Å². The van der Waals surface area contributed by atoms with Gasteiger partial charge in [0.05, 0.1) is 22.5 Å². The minimum atomic E-state index is -1.09. The first-order chi connectivity index (χ1) is 18.3. The van der Waals surface area contributed by atoms with Gasteiger partial charge in [0.2, 0.25) is 0 Å². The van der Waals surface area contributed by atoms with Crippen LogP contribution in [0.3, 0.4) is 0 Å². The third-order valence-electron chi connectivity index (χ3n) is 5.46. The second kappa shape index (κ2) is 12.2. The van der Waals surface area contributed by atoms with E-state index in [0.717, 1.165) is 22.3 Å². The molecule has 2 aromatic heterocycles. The zero-order valence-corrected chi connectivity index (χ0v) is 22.3. The molecule has 4 aromatic rings.